The first-order valence-corrected chi connectivity index (χ1v) is 40.7. The molecule has 0 aromatic heterocycles. The maximum atomic E-state index is 13.4. The average molecular weight is 1410 g/mol. The first kappa shape index (κ1) is 91.2. The Kier molecular flexibility index (Phi) is 56.4. The molecule has 0 aromatic carbocycles. The standard InChI is InChI=1S/C80H149NO18/c1-3-5-7-9-11-13-15-17-18-19-20-21-22-23-24-25-26-27-28-29-30-31-32-33-34-35-36-37-38-39-40-41-42-43-44-46-48-50-52-54-56-58-68(86)81-63(64(85)57-55-53-51-49-47-45-16-14-12-10-8-6-4-2)62-94-78-74(92)71(89)76(66(60-83)96-78)99-80-75(93)72(90)77(67(61-84)97-80)98-79-73(91)70(88)69(87)65(59-82)95-79/h19-20,47,49,55,57,63-67,69-80,82-85,87-93H,3-18,21-46,48,50-54,56,58-62H2,1-2H3,(H,81,86)/b20-19-,49-47+,57-55+. The number of ether oxygens (including phenoxy) is 6. The fraction of sp³-hybridized carbons (Fsp3) is 0.912. The monoisotopic (exact) mass is 1410 g/mol. The molecule has 3 rings (SSSR count). The van der Waals surface area contributed by atoms with Crippen LogP contribution < -0.4 is 5.32 Å². The predicted molar refractivity (Wildman–Crippen MR) is 393 cm³/mol. The molecular formula is C80H149NO18. The predicted octanol–water partition coefficient (Wildman–Crippen LogP) is 13.5. The minimum absolute atomic E-state index is 0.240. The van der Waals surface area contributed by atoms with Crippen LogP contribution in [-0.2, 0) is 33.2 Å². The zero-order valence-electron chi connectivity index (χ0n) is 62.2. The van der Waals surface area contributed by atoms with E-state index < -0.39 is 124 Å². The van der Waals surface area contributed by atoms with Gasteiger partial charge in [0, 0.05) is 6.42 Å². The number of amides is 1. The van der Waals surface area contributed by atoms with E-state index in [0.717, 1.165) is 38.5 Å². The molecule has 0 saturated carbocycles. The lowest BCUT2D eigenvalue weighted by Crippen LogP contribution is -2.66. The highest BCUT2D eigenvalue weighted by Gasteiger charge is 2.54. The zero-order valence-corrected chi connectivity index (χ0v) is 62.2. The third-order valence-electron chi connectivity index (χ3n) is 20.4. The van der Waals surface area contributed by atoms with Crippen molar-refractivity contribution in [2.45, 2.75) is 439 Å². The highest BCUT2D eigenvalue weighted by atomic mass is 16.8. The van der Waals surface area contributed by atoms with Crippen LogP contribution in [0.4, 0.5) is 0 Å². The van der Waals surface area contributed by atoms with Gasteiger partial charge in [0.05, 0.1) is 38.6 Å². The summed E-state index contributed by atoms with van der Waals surface area (Å²) in [7, 11) is 0. The molecule has 12 N–H and O–H groups in total. The van der Waals surface area contributed by atoms with Gasteiger partial charge in [0.1, 0.15) is 73.2 Å². The van der Waals surface area contributed by atoms with Crippen LogP contribution in [0.1, 0.15) is 335 Å². The largest absolute Gasteiger partial charge is 0.394 e. The molecule has 0 aliphatic carbocycles. The van der Waals surface area contributed by atoms with Crippen molar-refractivity contribution >= 4 is 5.91 Å². The van der Waals surface area contributed by atoms with Crippen molar-refractivity contribution in [2.75, 3.05) is 26.4 Å². The number of hydrogen-bond donors (Lipinski definition) is 12. The molecule has 3 aliphatic rings. The van der Waals surface area contributed by atoms with E-state index in [-0.39, 0.29) is 18.9 Å². The van der Waals surface area contributed by atoms with Crippen LogP contribution in [0.3, 0.4) is 0 Å². The normalized spacial score (nSPS) is 26.7. The second kappa shape index (κ2) is 61.2. The van der Waals surface area contributed by atoms with Gasteiger partial charge in [-0.1, -0.05) is 307 Å². The Morgan fingerprint density at radius 1 is 0.354 bits per heavy atom. The molecule has 0 aromatic rings. The fourth-order valence-electron chi connectivity index (χ4n) is 13.9. The Morgan fingerprint density at radius 2 is 0.646 bits per heavy atom. The van der Waals surface area contributed by atoms with E-state index in [1.807, 2.05) is 6.08 Å². The van der Waals surface area contributed by atoms with Gasteiger partial charge in [-0.05, 0) is 57.8 Å². The van der Waals surface area contributed by atoms with E-state index in [9.17, 15) is 61.0 Å². The molecule has 3 saturated heterocycles. The molecule has 0 radical (unpaired) electrons. The van der Waals surface area contributed by atoms with Gasteiger partial charge in [0.15, 0.2) is 18.9 Å². The molecule has 17 unspecified atom stereocenters. The summed E-state index contributed by atoms with van der Waals surface area (Å²) in [6.45, 7) is 1.73. The highest BCUT2D eigenvalue weighted by molar-refractivity contribution is 5.76. The molecule has 99 heavy (non-hydrogen) atoms. The van der Waals surface area contributed by atoms with Gasteiger partial charge >= 0.3 is 0 Å². The molecule has 19 heteroatoms. The van der Waals surface area contributed by atoms with Crippen molar-refractivity contribution in [3.8, 4) is 0 Å². The lowest BCUT2D eigenvalue weighted by atomic mass is 9.96. The maximum absolute atomic E-state index is 13.4. The highest BCUT2D eigenvalue weighted by Crippen LogP contribution is 2.33. The number of unbranched alkanes of at least 4 members (excludes halogenated alkanes) is 45. The van der Waals surface area contributed by atoms with Gasteiger partial charge in [-0.3, -0.25) is 4.79 Å². The summed E-state index contributed by atoms with van der Waals surface area (Å²) in [5, 5.41) is 121. The molecule has 17 atom stereocenters. The summed E-state index contributed by atoms with van der Waals surface area (Å²) in [6, 6.07) is -0.987. The Hall–Kier alpha value is -1.99. The number of carbonyl (C=O) groups excluding carboxylic acids is 1. The van der Waals surface area contributed by atoms with Crippen LogP contribution in [0.2, 0.25) is 0 Å². The van der Waals surface area contributed by atoms with Gasteiger partial charge in [0.2, 0.25) is 5.91 Å². The van der Waals surface area contributed by atoms with E-state index in [4.69, 9.17) is 28.4 Å². The van der Waals surface area contributed by atoms with Gasteiger partial charge in [-0.25, -0.2) is 0 Å². The molecule has 3 fully saturated rings. The van der Waals surface area contributed by atoms with Crippen LogP contribution in [0.25, 0.3) is 0 Å². The first-order chi connectivity index (χ1) is 48.3. The van der Waals surface area contributed by atoms with E-state index in [0.29, 0.717) is 12.8 Å². The summed E-state index contributed by atoms with van der Waals surface area (Å²) >= 11 is 0. The van der Waals surface area contributed by atoms with Gasteiger partial charge in [-0.15, -0.1) is 0 Å². The van der Waals surface area contributed by atoms with Crippen LogP contribution in [0, 0.1) is 0 Å². The molecule has 582 valence electrons. The van der Waals surface area contributed by atoms with Gasteiger partial charge in [0.25, 0.3) is 0 Å². The number of aliphatic hydroxyl groups excluding tert-OH is 11. The van der Waals surface area contributed by atoms with Crippen LogP contribution in [0.15, 0.2) is 36.5 Å². The number of aliphatic hydroxyl groups is 11. The second-order valence-electron chi connectivity index (χ2n) is 29.2. The second-order valence-corrected chi connectivity index (χ2v) is 29.2. The van der Waals surface area contributed by atoms with E-state index in [2.05, 4.69) is 43.5 Å². The molecule has 19 nitrogen and oxygen atoms in total. The summed E-state index contributed by atoms with van der Waals surface area (Å²) in [5.74, 6) is -0.280. The number of carbonyl (C=O) groups is 1. The van der Waals surface area contributed by atoms with E-state index >= 15 is 0 Å². The lowest BCUT2D eigenvalue weighted by molar-refractivity contribution is -0.379. The summed E-state index contributed by atoms with van der Waals surface area (Å²) < 4.78 is 34.4. The Labute approximate surface area is 600 Å². The van der Waals surface area contributed by atoms with Crippen molar-refractivity contribution in [3.05, 3.63) is 36.5 Å². The van der Waals surface area contributed by atoms with Gasteiger partial charge < -0.3 is 89.9 Å². The van der Waals surface area contributed by atoms with Crippen LogP contribution in [0.5, 0.6) is 0 Å². The lowest BCUT2D eigenvalue weighted by Gasteiger charge is -2.48. The Balaban J connectivity index is 1.26. The smallest absolute Gasteiger partial charge is 0.220 e. The molecule has 1 amide bonds. The van der Waals surface area contributed by atoms with Crippen molar-refractivity contribution < 1.29 is 89.4 Å². The third-order valence-corrected chi connectivity index (χ3v) is 20.4. The minimum Gasteiger partial charge on any atom is -0.394 e. The van der Waals surface area contributed by atoms with E-state index in [1.165, 1.54) is 263 Å². The first-order valence-electron chi connectivity index (χ1n) is 40.7. The Bertz CT molecular complexity index is 1930. The summed E-state index contributed by atoms with van der Waals surface area (Å²) in [5.41, 5.74) is 0. The molecule has 3 aliphatic heterocycles. The number of rotatable bonds is 65. The van der Waals surface area contributed by atoms with E-state index in [1.54, 1.807) is 6.08 Å². The molecule has 3 heterocycles. The van der Waals surface area contributed by atoms with Gasteiger partial charge in [-0.2, -0.15) is 0 Å². The van der Waals surface area contributed by atoms with Crippen LogP contribution in [-0.4, -0.2) is 193 Å². The zero-order chi connectivity index (χ0) is 71.8. The Morgan fingerprint density at radius 3 is 1.01 bits per heavy atom. The molecule has 0 bridgehead atoms. The molecular weight excluding hydrogens is 1260 g/mol. The minimum atomic E-state index is -1.98. The van der Waals surface area contributed by atoms with Crippen molar-refractivity contribution in [2.24, 2.45) is 0 Å². The van der Waals surface area contributed by atoms with Crippen molar-refractivity contribution in [1.82, 2.24) is 5.32 Å². The maximum Gasteiger partial charge on any atom is 0.220 e. The fourth-order valence-corrected chi connectivity index (χ4v) is 13.9. The SMILES string of the molecule is CCCCCCCCC/C=C/CC/C=C/C(O)C(COC1OC(CO)C(OC2OC(CO)C(OC3OC(CO)C(O)C(O)C3O)C(O)C2O)C(O)C1O)NC(=O)CCCCCCCCCCCCCCCCCCCCCCCCCCCCCCC/C=C\CCCCCCCCCC. The topological polar surface area (TPSA) is 307 Å². The molecule has 0 spiro atoms. The van der Waals surface area contributed by atoms with Crippen molar-refractivity contribution in [1.29, 1.82) is 0 Å². The average Bonchev–Trinajstić information content (AvgIpc) is 0.784. The number of allylic oxidation sites excluding steroid dienone is 5. The third kappa shape index (κ3) is 41.5. The quantitative estimate of drug-likeness (QED) is 0.0199. The number of nitrogens with one attached hydrogen (secondary N) is 1. The number of hydrogen-bond acceptors (Lipinski definition) is 18. The van der Waals surface area contributed by atoms with Crippen LogP contribution >= 0.6 is 0 Å². The summed E-state index contributed by atoms with van der Waals surface area (Å²) in [4.78, 5) is 13.4. The van der Waals surface area contributed by atoms with Crippen molar-refractivity contribution in [3.63, 3.8) is 0 Å². The summed E-state index contributed by atoms with van der Waals surface area (Å²) in [6.07, 6.45) is 49.1.